The maximum atomic E-state index is 13.6. The van der Waals surface area contributed by atoms with Gasteiger partial charge in [0.15, 0.2) is 0 Å². The third-order valence-corrected chi connectivity index (χ3v) is 7.66. The quantitative estimate of drug-likeness (QED) is 0.547. The van der Waals surface area contributed by atoms with Crippen LogP contribution in [0.3, 0.4) is 0 Å². The molecule has 9 heteroatoms. The molecule has 2 N–H and O–H groups in total. The summed E-state index contributed by atoms with van der Waals surface area (Å²) < 4.78 is 0. The highest BCUT2D eigenvalue weighted by Gasteiger charge is 2.57. The van der Waals surface area contributed by atoms with Crippen molar-refractivity contribution in [1.82, 2.24) is 0 Å². The maximum absolute atomic E-state index is 13.6. The van der Waals surface area contributed by atoms with Crippen molar-refractivity contribution in [3.8, 4) is 11.1 Å². The number of aromatic carboxylic acids is 1. The average molecular weight is 473 g/mol. The van der Waals surface area contributed by atoms with Crippen molar-refractivity contribution in [3.05, 3.63) is 67.8 Å². The molecule has 6 nitrogen and oxygen atoms in total. The molecule has 31 heavy (non-hydrogen) atoms. The molecule has 0 aliphatic carbocycles. The first-order valence-electron chi connectivity index (χ1n) is 9.29. The highest BCUT2D eigenvalue weighted by Crippen LogP contribution is 2.58. The van der Waals surface area contributed by atoms with Gasteiger partial charge in [-0.15, -0.1) is 11.3 Å². The number of fused-ring (bicyclic) bond motifs is 4. The van der Waals surface area contributed by atoms with Crippen LogP contribution in [0.4, 0.5) is 11.4 Å². The number of likely N-dealkylation sites (N-methyl/N-ethyl adjacent to an activating group) is 1. The first kappa shape index (κ1) is 20.1. The molecule has 2 aliphatic heterocycles. The molecule has 3 aromatic rings. The Morgan fingerprint density at radius 1 is 1.16 bits per heavy atom. The van der Waals surface area contributed by atoms with Crippen LogP contribution in [-0.2, 0) is 15.0 Å². The van der Waals surface area contributed by atoms with Gasteiger partial charge in [-0.1, -0.05) is 47.5 Å². The molecule has 2 aromatic carbocycles. The number of hydrogen-bond acceptors (Lipinski definition) is 4. The number of carbonyl (C=O) groups is 3. The minimum absolute atomic E-state index is 0.0415. The number of nitrogens with zero attached hydrogens (tertiary/aromatic N) is 1. The number of benzene rings is 2. The van der Waals surface area contributed by atoms with Gasteiger partial charge >= 0.3 is 5.97 Å². The number of halogens is 2. The van der Waals surface area contributed by atoms with Gasteiger partial charge in [0.1, 0.15) is 10.3 Å². The van der Waals surface area contributed by atoms with E-state index in [0.29, 0.717) is 43.0 Å². The van der Waals surface area contributed by atoms with Gasteiger partial charge in [0, 0.05) is 17.6 Å². The van der Waals surface area contributed by atoms with Crippen LogP contribution in [0.2, 0.25) is 10.0 Å². The van der Waals surface area contributed by atoms with Gasteiger partial charge < -0.3 is 15.3 Å². The van der Waals surface area contributed by atoms with Crippen LogP contribution in [0.5, 0.6) is 0 Å². The van der Waals surface area contributed by atoms with Gasteiger partial charge in [-0.05, 0) is 29.3 Å². The second-order valence-corrected chi connectivity index (χ2v) is 9.32. The van der Waals surface area contributed by atoms with Crippen molar-refractivity contribution in [2.75, 3.05) is 17.3 Å². The maximum Gasteiger partial charge on any atom is 0.346 e. The molecule has 0 bridgehead atoms. The van der Waals surface area contributed by atoms with E-state index in [1.165, 1.54) is 4.90 Å². The van der Waals surface area contributed by atoms with Crippen molar-refractivity contribution in [2.24, 2.45) is 0 Å². The third kappa shape index (κ3) is 2.67. The average Bonchev–Trinajstić information content (AvgIpc) is 3.21. The van der Waals surface area contributed by atoms with Gasteiger partial charge in [-0.3, -0.25) is 9.59 Å². The Kier molecular flexibility index (Phi) is 4.41. The van der Waals surface area contributed by atoms with Gasteiger partial charge in [0.05, 0.1) is 27.7 Å². The molecule has 1 aromatic heterocycles. The molecule has 1 atom stereocenters. The van der Waals surface area contributed by atoms with Crippen molar-refractivity contribution >= 4 is 63.7 Å². The van der Waals surface area contributed by atoms with E-state index < -0.39 is 11.4 Å². The molecule has 0 saturated carbocycles. The highest BCUT2D eigenvalue weighted by atomic mass is 35.5. The Morgan fingerprint density at radius 2 is 1.87 bits per heavy atom. The van der Waals surface area contributed by atoms with E-state index >= 15 is 0 Å². The summed E-state index contributed by atoms with van der Waals surface area (Å²) >= 11 is 13.4. The first-order chi connectivity index (χ1) is 14.8. The molecule has 156 valence electrons. The summed E-state index contributed by atoms with van der Waals surface area (Å²) in [5.74, 6) is -1.82. The zero-order valence-electron chi connectivity index (χ0n) is 16.0. The number of hydrogen-bond donors (Lipinski definition) is 2. The van der Waals surface area contributed by atoms with Crippen LogP contribution in [0.15, 0.2) is 42.5 Å². The third-order valence-electron chi connectivity index (χ3n) is 5.76. The molecule has 0 fully saturated rings. The molecule has 2 amide bonds. The van der Waals surface area contributed by atoms with Crippen molar-refractivity contribution in [2.45, 2.75) is 11.8 Å². The van der Waals surface area contributed by atoms with E-state index in [9.17, 15) is 19.5 Å². The standard InChI is InChI=1S/C22H14Cl2N2O4S/c1-26-17-12(3-2-4-13(17)24)22(21(26)30)9-14(27)25-16-15(10-5-7-11(23)8-6-10)18(20(28)29)31-19(16)22/h2-8H,9H2,1H3,(H,25,27)(H,28,29). The van der Waals surface area contributed by atoms with Crippen LogP contribution in [0, 0.1) is 0 Å². The largest absolute Gasteiger partial charge is 0.477 e. The first-order valence-corrected chi connectivity index (χ1v) is 10.9. The molecule has 1 spiro atoms. The molecule has 0 saturated heterocycles. The lowest BCUT2D eigenvalue weighted by Crippen LogP contribution is -2.45. The Labute approximate surface area is 191 Å². The summed E-state index contributed by atoms with van der Waals surface area (Å²) in [6.07, 6.45) is -0.129. The monoisotopic (exact) mass is 472 g/mol. The van der Waals surface area contributed by atoms with E-state index in [0.717, 1.165) is 11.3 Å². The lowest BCUT2D eigenvalue weighted by Gasteiger charge is -2.32. The van der Waals surface area contributed by atoms with Crippen LogP contribution in [-0.4, -0.2) is 29.9 Å². The fourth-order valence-corrected chi connectivity index (χ4v) is 6.23. The van der Waals surface area contributed by atoms with Crippen LogP contribution in [0.25, 0.3) is 11.1 Å². The minimum Gasteiger partial charge on any atom is -0.477 e. The van der Waals surface area contributed by atoms with Crippen LogP contribution >= 0.6 is 34.5 Å². The number of amides is 2. The summed E-state index contributed by atoms with van der Waals surface area (Å²) in [6, 6.07) is 11.9. The molecular formula is C22H14Cl2N2O4S. The molecule has 1 unspecified atom stereocenters. The summed E-state index contributed by atoms with van der Waals surface area (Å²) in [7, 11) is 1.61. The summed E-state index contributed by atoms with van der Waals surface area (Å²) in [5.41, 5.74) is 1.10. The van der Waals surface area contributed by atoms with E-state index in [2.05, 4.69) is 5.32 Å². The molecule has 2 aliphatic rings. The number of rotatable bonds is 2. The number of carboxylic acids is 1. The lowest BCUT2D eigenvalue weighted by atomic mass is 9.74. The Hall–Kier alpha value is -2.87. The zero-order chi connectivity index (χ0) is 22.1. The van der Waals surface area contributed by atoms with Gasteiger partial charge in [-0.2, -0.15) is 0 Å². The van der Waals surface area contributed by atoms with Crippen molar-refractivity contribution in [1.29, 1.82) is 0 Å². The second kappa shape index (κ2) is 6.82. The van der Waals surface area contributed by atoms with Crippen LogP contribution in [0.1, 0.15) is 26.5 Å². The summed E-state index contributed by atoms with van der Waals surface area (Å²) in [4.78, 5) is 40.6. The Balaban J connectivity index is 1.86. The van der Waals surface area contributed by atoms with E-state index in [4.69, 9.17) is 23.2 Å². The SMILES string of the molecule is CN1C(=O)C2(CC(=O)Nc3c2sc(C(=O)O)c3-c2ccc(Cl)cc2)c2cccc(Cl)c21. The highest BCUT2D eigenvalue weighted by molar-refractivity contribution is 7.15. The predicted molar refractivity (Wildman–Crippen MR) is 121 cm³/mol. The number of para-hydroxylation sites is 1. The second-order valence-electron chi connectivity index (χ2n) is 7.45. The Bertz CT molecular complexity index is 1300. The topological polar surface area (TPSA) is 86.7 Å². The predicted octanol–water partition coefficient (Wildman–Crippen LogP) is 5.02. The fraction of sp³-hybridized carbons (Fsp3) is 0.136. The van der Waals surface area contributed by atoms with Crippen molar-refractivity contribution in [3.63, 3.8) is 0 Å². The summed E-state index contributed by atoms with van der Waals surface area (Å²) in [5, 5.41) is 13.7. The number of thiophene rings is 1. The van der Waals surface area contributed by atoms with Gasteiger partial charge in [0.2, 0.25) is 11.8 Å². The van der Waals surface area contributed by atoms with E-state index in [-0.39, 0.29) is 23.1 Å². The molecular weight excluding hydrogens is 459 g/mol. The molecule has 3 heterocycles. The fourth-order valence-electron chi connectivity index (χ4n) is 4.49. The van der Waals surface area contributed by atoms with E-state index in [1.807, 2.05) is 0 Å². The van der Waals surface area contributed by atoms with Crippen LogP contribution < -0.4 is 10.2 Å². The normalized spacial score (nSPS) is 19.4. The van der Waals surface area contributed by atoms with E-state index in [1.54, 1.807) is 49.5 Å². The van der Waals surface area contributed by atoms with Gasteiger partial charge in [-0.25, -0.2) is 4.79 Å². The number of carbonyl (C=O) groups excluding carboxylic acids is 2. The number of anilines is 2. The minimum atomic E-state index is -1.33. The summed E-state index contributed by atoms with van der Waals surface area (Å²) in [6.45, 7) is 0. The number of nitrogens with one attached hydrogen (secondary N) is 1. The lowest BCUT2D eigenvalue weighted by molar-refractivity contribution is -0.126. The molecule has 5 rings (SSSR count). The van der Waals surface area contributed by atoms with Gasteiger partial charge in [0.25, 0.3) is 0 Å². The Morgan fingerprint density at radius 3 is 2.55 bits per heavy atom. The van der Waals surface area contributed by atoms with Crippen molar-refractivity contribution < 1.29 is 19.5 Å². The number of carboxylic acid groups (broad SMARTS) is 1. The molecule has 0 radical (unpaired) electrons. The zero-order valence-corrected chi connectivity index (χ0v) is 18.4. The smallest absolute Gasteiger partial charge is 0.346 e.